The molecule has 27 heavy (non-hydrogen) atoms. The van der Waals surface area contributed by atoms with E-state index in [2.05, 4.69) is 0 Å². The number of sulfone groups is 1. The fraction of sp³-hybridized carbons (Fsp3) is 0.350. The summed E-state index contributed by atoms with van der Waals surface area (Å²) in [7, 11) is -1.46. The highest BCUT2D eigenvalue weighted by Gasteiger charge is 2.34. The minimum Gasteiger partial charge on any atom is -0.497 e. The third kappa shape index (κ3) is 4.99. The number of thiophene rings is 1. The molecule has 0 N–H and O–H groups in total. The summed E-state index contributed by atoms with van der Waals surface area (Å²) in [6.07, 6.45) is 3.77. The maximum absolute atomic E-state index is 12.9. The summed E-state index contributed by atoms with van der Waals surface area (Å²) in [6, 6.07) is 9.15. The number of carbonyl (C=O) groups excluding carboxylic acids is 1. The van der Waals surface area contributed by atoms with Gasteiger partial charge in [0.15, 0.2) is 9.84 Å². The zero-order valence-electron chi connectivity index (χ0n) is 15.4. The van der Waals surface area contributed by atoms with Gasteiger partial charge in [0.1, 0.15) is 5.75 Å². The lowest BCUT2D eigenvalue weighted by Gasteiger charge is -2.27. The summed E-state index contributed by atoms with van der Waals surface area (Å²) < 4.78 is 29.0. The molecule has 1 aliphatic rings. The van der Waals surface area contributed by atoms with E-state index >= 15 is 0 Å². The Balaban J connectivity index is 1.79. The third-order valence-corrected chi connectivity index (χ3v) is 7.51. The molecule has 1 aliphatic heterocycles. The Morgan fingerprint density at radius 3 is 2.59 bits per heavy atom. The second kappa shape index (κ2) is 8.27. The second-order valence-electron chi connectivity index (χ2n) is 6.66. The van der Waals surface area contributed by atoms with E-state index in [1.807, 2.05) is 42.6 Å². The molecule has 3 rings (SSSR count). The van der Waals surface area contributed by atoms with Gasteiger partial charge in [0.05, 0.1) is 25.2 Å². The molecular formula is C20H23NO4S2. The Morgan fingerprint density at radius 2 is 2.04 bits per heavy atom. The topological polar surface area (TPSA) is 63.7 Å². The van der Waals surface area contributed by atoms with Gasteiger partial charge < -0.3 is 9.64 Å². The predicted octanol–water partition coefficient (Wildman–Crippen LogP) is 3.29. The van der Waals surface area contributed by atoms with E-state index in [-0.39, 0.29) is 23.5 Å². The van der Waals surface area contributed by atoms with Crippen LogP contribution in [0.5, 0.6) is 5.75 Å². The minimum atomic E-state index is -3.07. The highest BCUT2D eigenvalue weighted by Crippen LogP contribution is 2.24. The molecule has 0 bridgehead atoms. The Hall–Kier alpha value is -2.12. The zero-order chi connectivity index (χ0) is 19.4. The van der Waals surface area contributed by atoms with E-state index in [4.69, 9.17) is 4.74 Å². The molecule has 5 nitrogen and oxygen atoms in total. The fourth-order valence-electron chi connectivity index (χ4n) is 3.11. The number of carbonyl (C=O) groups is 1. The van der Waals surface area contributed by atoms with E-state index < -0.39 is 9.84 Å². The second-order valence-corrected chi connectivity index (χ2v) is 9.89. The maximum atomic E-state index is 12.9. The van der Waals surface area contributed by atoms with Crippen LogP contribution in [0.4, 0.5) is 0 Å². The smallest absolute Gasteiger partial charge is 0.247 e. The van der Waals surface area contributed by atoms with Crippen LogP contribution in [-0.2, 0) is 21.2 Å². The van der Waals surface area contributed by atoms with Gasteiger partial charge in [-0.1, -0.05) is 12.1 Å². The largest absolute Gasteiger partial charge is 0.497 e. The van der Waals surface area contributed by atoms with Crippen LogP contribution in [0.3, 0.4) is 0 Å². The van der Waals surface area contributed by atoms with Crippen LogP contribution in [-0.4, -0.2) is 43.9 Å². The van der Waals surface area contributed by atoms with Gasteiger partial charge in [-0.2, -0.15) is 0 Å². The van der Waals surface area contributed by atoms with E-state index in [9.17, 15) is 13.2 Å². The van der Waals surface area contributed by atoms with Crippen molar-refractivity contribution in [2.24, 2.45) is 0 Å². The molecule has 2 aromatic rings. The standard InChI is InChI=1S/C20H23NO4S2/c1-15-9-11-26-19(15)13-21(17-10-12-27(23,24)14-17)20(22)8-5-16-3-6-18(25-2)7-4-16/h3-9,11,17H,10,12-14H2,1-2H3/b8-5+. The van der Waals surface area contributed by atoms with Crippen molar-refractivity contribution in [2.45, 2.75) is 25.9 Å². The average molecular weight is 406 g/mol. The Bertz CT molecular complexity index is 929. The van der Waals surface area contributed by atoms with Crippen LogP contribution in [0.2, 0.25) is 0 Å². The lowest BCUT2D eigenvalue weighted by atomic mass is 10.1. The van der Waals surface area contributed by atoms with Crippen LogP contribution in [0.1, 0.15) is 22.4 Å². The normalized spacial score (nSPS) is 18.7. The first-order valence-corrected chi connectivity index (χ1v) is 11.4. The molecule has 1 fully saturated rings. The van der Waals surface area contributed by atoms with Crippen molar-refractivity contribution in [1.82, 2.24) is 4.90 Å². The van der Waals surface area contributed by atoms with Gasteiger partial charge in [0.2, 0.25) is 5.91 Å². The van der Waals surface area contributed by atoms with Gasteiger partial charge in [-0.05, 0) is 54.1 Å². The lowest BCUT2D eigenvalue weighted by Crippen LogP contribution is -2.39. The zero-order valence-corrected chi connectivity index (χ0v) is 17.1. The van der Waals surface area contributed by atoms with Crippen LogP contribution in [0.15, 0.2) is 41.8 Å². The van der Waals surface area contributed by atoms with Gasteiger partial charge >= 0.3 is 0 Å². The molecule has 2 heterocycles. The van der Waals surface area contributed by atoms with Gasteiger partial charge in [0.25, 0.3) is 0 Å². The fourth-order valence-corrected chi connectivity index (χ4v) is 5.74. The van der Waals surface area contributed by atoms with Gasteiger partial charge in [-0.25, -0.2) is 8.42 Å². The van der Waals surface area contributed by atoms with Crippen LogP contribution >= 0.6 is 11.3 Å². The van der Waals surface area contributed by atoms with Crippen molar-refractivity contribution in [3.8, 4) is 5.75 Å². The molecular weight excluding hydrogens is 382 g/mol. The maximum Gasteiger partial charge on any atom is 0.247 e. The van der Waals surface area contributed by atoms with E-state index in [1.54, 1.807) is 29.4 Å². The van der Waals surface area contributed by atoms with Crippen molar-refractivity contribution in [3.05, 3.63) is 57.8 Å². The van der Waals surface area contributed by atoms with Crippen molar-refractivity contribution >= 4 is 33.2 Å². The molecule has 0 radical (unpaired) electrons. The van der Waals surface area contributed by atoms with Gasteiger partial charge in [-0.3, -0.25) is 4.79 Å². The first-order valence-electron chi connectivity index (χ1n) is 8.74. The van der Waals surface area contributed by atoms with Gasteiger partial charge in [-0.15, -0.1) is 11.3 Å². The number of ether oxygens (including phenoxy) is 1. The van der Waals surface area contributed by atoms with Gasteiger partial charge in [0, 0.05) is 17.0 Å². The van der Waals surface area contributed by atoms with Crippen LogP contribution in [0, 0.1) is 6.92 Å². The summed E-state index contributed by atoms with van der Waals surface area (Å²) in [4.78, 5) is 15.7. The molecule has 1 aromatic heterocycles. The minimum absolute atomic E-state index is 0.0412. The third-order valence-electron chi connectivity index (χ3n) is 4.75. The number of hydrogen-bond acceptors (Lipinski definition) is 5. The van der Waals surface area contributed by atoms with E-state index in [0.717, 1.165) is 21.8 Å². The van der Waals surface area contributed by atoms with E-state index in [0.29, 0.717) is 13.0 Å². The average Bonchev–Trinajstić information content (AvgIpc) is 3.22. The summed E-state index contributed by atoms with van der Waals surface area (Å²) >= 11 is 1.59. The Labute approximate surface area is 164 Å². The molecule has 144 valence electrons. The number of methoxy groups -OCH3 is 1. The van der Waals surface area contributed by atoms with E-state index in [1.165, 1.54) is 6.08 Å². The number of amides is 1. The highest BCUT2D eigenvalue weighted by atomic mass is 32.2. The summed E-state index contributed by atoms with van der Waals surface area (Å²) in [5.41, 5.74) is 2.01. The number of benzene rings is 1. The predicted molar refractivity (Wildman–Crippen MR) is 109 cm³/mol. The van der Waals surface area contributed by atoms with Crippen LogP contribution < -0.4 is 4.74 Å². The first-order chi connectivity index (χ1) is 12.9. The Morgan fingerprint density at radius 1 is 1.30 bits per heavy atom. The number of rotatable bonds is 6. The molecule has 1 atom stereocenters. The summed E-state index contributed by atoms with van der Waals surface area (Å²) in [6.45, 7) is 2.45. The molecule has 0 aliphatic carbocycles. The highest BCUT2D eigenvalue weighted by molar-refractivity contribution is 7.91. The number of hydrogen-bond donors (Lipinski definition) is 0. The first kappa shape index (κ1) is 19.6. The molecule has 1 saturated heterocycles. The SMILES string of the molecule is COc1ccc(/C=C/C(=O)N(Cc2sccc2C)C2CCS(=O)(=O)C2)cc1. The molecule has 7 heteroatoms. The van der Waals surface area contributed by atoms with Crippen molar-refractivity contribution < 1.29 is 17.9 Å². The lowest BCUT2D eigenvalue weighted by molar-refractivity contribution is -0.128. The quantitative estimate of drug-likeness (QED) is 0.692. The number of nitrogens with zero attached hydrogens (tertiary/aromatic N) is 1. The molecule has 0 saturated carbocycles. The molecule has 1 amide bonds. The molecule has 1 unspecified atom stereocenters. The van der Waals surface area contributed by atoms with Crippen molar-refractivity contribution in [2.75, 3.05) is 18.6 Å². The molecule has 1 aromatic carbocycles. The summed E-state index contributed by atoms with van der Waals surface area (Å²) in [5.74, 6) is 0.775. The van der Waals surface area contributed by atoms with Crippen LogP contribution in [0.25, 0.3) is 6.08 Å². The monoisotopic (exact) mass is 405 g/mol. The molecule has 0 spiro atoms. The Kier molecular flexibility index (Phi) is 6.01. The number of aryl methyl sites for hydroxylation is 1. The summed E-state index contributed by atoms with van der Waals surface area (Å²) in [5, 5.41) is 1.99. The van der Waals surface area contributed by atoms with Crippen molar-refractivity contribution in [1.29, 1.82) is 0 Å². The van der Waals surface area contributed by atoms with Crippen molar-refractivity contribution in [3.63, 3.8) is 0 Å².